The lowest BCUT2D eigenvalue weighted by Gasteiger charge is -2.30. The summed E-state index contributed by atoms with van der Waals surface area (Å²) in [6, 6.07) is 23.1. The molecule has 0 aliphatic carbocycles. The van der Waals surface area contributed by atoms with Crippen LogP contribution in [0.5, 0.6) is 0 Å². The number of aliphatic imine (C=N–C) groups is 1. The molecule has 3 aromatic rings. The number of anilines is 1. The first kappa shape index (κ1) is 19.1. The lowest BCUT2D eigenvalue weighted by Crippen LogP contribution is -2.33. The number of hydrogen-bond acceptors (Lipinski definition) is 4. The molecule has 0 unspecified atom stereocenters. The van der Waals surface area contributed by atoms with Crippen LogP contribution in [0.4, 0.5) is 5.82 Å². The van der Waals surface area contributed by atoms with Crippen LogP contribution >= 0.6 is 27.5 Å². The average Bonchev–Trinajstić information content (AvgIpc) is 2.75. The zero-order valence-electron chi connectivity index (χ0n) is 15.1. The van der Waals surface area contributed by atoms with E-state index in [1.54, 1.807) is 6.20 Å². The normalized spacial score (nSPS) is 14.9. The van der Waals surface area contributed by atoms with E-state index in [0.717, 1.165) is 21.3 Å². The van der Waals surface area contributed by atoms with E-state index >= 15 is 0 Å². The second-order valence-corrected chi connectivity index (χ2v) is 7.55. The summed E-state index contributed by atoms with van der Waals surface area (Å²) in [6.45, 7) is 0. The number of hydrogen-bond donors (Lipinski definition) is 0. The molecule has 4 nitrogen and oxygen atoms in total. The van der Waals surface area contributed by atoms with Gasteiger partial charge in [0.15, 0.2) is 0 Å². The highest BCUT2D eigenvalue weighted by Crippen LogP contribution is 2.31. The number of nitriles is 1. The molecule has 0 radical (unpaired) electrons. The number of allylic oxidation sites excluding steroid dienone is 2. The number of aromatic nitrogens is 1. The smallest absolute Gasteiger partial charge is 0.146 e. The lowest BCUT2D eigenvalue weighted by molar-refractivity contribution is 1.14. The molecule has 1 aliphatic heterocycles. The van der Waals surface area contributed by atoms with Crippen LogP contribution in [0.2, 0.25) is 5.02 Å². The summed E-state index contributed by atoms with van der Waals surface area (Å²) in [5.74, 6) is 1.34. The maximum Gasteiger partial charge on any atom is 0.146 e. The van der Waals surface area contributed by atoms with Gasteiger partial charge in [0.25, 0.3) is 0 Å². The van der Waals surface area contributed by atoms with Gasteiger partial charge in [-0.1, -0.05) is 45.7 Å². The van der Waals surface area contributed by atoms with E-state index in [0.29, 0.717) is 22.4 Å². The van der Waals surface area contributed by atoms with Crippen molar-refractivity contribution in [3.8, 4) is 6.07 Å². The summed E-state index contributed by atoms with van der Waals surface area (Å²) in [7, 11) is 0. The zero-order chi connectivity index (χ0) is 20.2. The highest BCUT2D eigenvalue weighted by Gasteiger charge is 2.25. The molecule has 6 heteroatoms. The van der Waals surface area contributed by atoms with Crippen LogP contribution in [0.1, 0.15) is 11.1 Å². The standard InChI is InChI=1S/C23H14BrClN4/c24-18-8-4-16(5-9-18)21-15-20(12-13-26)29(22-3-1-2-14-27-22)23(28-21)17-6-10-19(25)11-7-17/h1-12,14-15H/b20-12+. The van der Waals surface area contributed by atoms with E-state index in [9.17, 15) is 5.26 Å². The van der Waals surface area contributed by atoms with E-state index in [4.69, 9.17) is 16.6 Å². The van der Waals surface area contributed by atoms with Crippen molar-refractivity contribution in [1.82, 2.24) is 4.98 Å². The van der Waals surface area contributed by atoms with Gasteiger partial charge in [-0.05, 0) is 54.6 Å². The van der Waals surface area contributed by atoms with Crippen molar-refractivity contribution in [1.29, 1.82) is 5.26 Å². The maximum absolute atomic E-state index is 9.40. The van der Waals surface area contributed by atoms with E-state index in [1.807, 2.05) is 77.7 Å². The summed E-state index contributed by atoms with van der Waals surface area (Å²) in [5, 5.41) is 10.0. The number of benzene rings is 2. The topological polar surface area (TPSA) is 52.3 Å². The van der Waals surface area contributed by atoms with Gasteiger partial charge in [0.2, 0.25) is 0 Å². The van der Waals surface area contributed by atoms with Gasteiger partial charge < -0.3 is 0 Å². The third-order valence-corrected chi connectivity index (χ3v) is 5.09. The van der Waals surface area contributed by atoms with E-state index in [2.05, 4.69) is 27.0 Å². The van der Waals surface area contributed by atoms with Crippen LogP contribution in [0, 0.1) is 11.3 Å². The molecule has 2 heterocycles. The fraction of sp³-hybridized carbons (Fsp3) is 0. The van der Waals surface area contributed by atoms with Crippen LogP contribution in [0.25, 0.3) is 5.70 Å². The van der Waals surface area contributed by atoms with E-state index in [1.165, 1.54) is 6.08 Å². The van der Waals surface area contributed by atoms with Gasteiger partial charge in [-0.2, -0.15) is 5.26 Å². The Morgan fingerprint density at radius 3 is 2.34 bits per heavy atom. The van der Waals surface area contributed by atoms with Crippen molar-refractivity contribution >= 4 is 44.9 Å². The van der Waals surface area contributed by atoms with Crippen LogP contribution in [0.3, 0.4) is 0 Å². The summed E-state index contributed by atoms with van der Waals surface area (Å²) in [5.41, 5.74) is 3.26. The quantitative estimate of drug-likeness (QED) is 0.436. The molecular weight excluding hydrogens is 448 g/mol. The minimum atomic E-state index is 0.644. The van der Waals surface area contributed by atoms with Crippen molar-refractivity contribution in [2.24, 2.45) is 4.99 Å². The van der Waals surface area contributed by atoms with Gasteiger partial charge in [0.05, 0.1) is 17.5 Å². The SMILES string of the molecule is N#C/C=C1\C=C(c2ccc(Br)cc2)N=C(c2ccc(Cl)cc2)N1c1ccccn1. The van der Waals surface area contributed by atoms with Crippen molar-refractivity contribution < 1.29 is 0 Å². The van der Waals surface area contributed by atoms with Crippen LogP contribution < -0.4 is 4.90 Å². The molecule has 29 heavy (non-hydrogen) atoms. The molecule has 140 valence electrons. The molecule has 1 aliphatic rings. The number of rotatable bonds is 3. The van der Waals surface area contributed by atoms with Gasteiger partial charge in [-0.3, -0.25) is 4.90 Å². The zero-order valence-corrected chi connectivity index (χ0v) is 17.5. The molecule has 0 atom stereocenters. The molecule has 0 bridgehead atoms. The van der Waals surface area contributed by atoms with E-state index in [-0.39, 0.29) is 0 Å². The molecule has 0 spiro atoms. The maximum atomic E-state index is 9.40. The monoisotopic (exact) mass is 460 g/mol. The van der Waals surface area contributed by atoms with Gasteiger partial charge in [-0.25, -0.2) is 9.98 Å². The van der Waals surface area contributed by atoms with Crippen molar-refractivity contribution in [2.75, 3.05) is 4.90 Å². The Labute approximate surface area is 182 Å². The molecule has 0 N–H and O–H groups in total. The van der Waals surface area contributed by atoms with Crippen LogP contribution in [0.15, 0.2) is 100 Å². The second kappa shape index (κ2) is 8.44. The van der Waals surface area contributed by atoms with Gasteiger partial charge >= 0.3 is 0 Å². The number of pyridine rings is 1. The van der Waals surface area contributed by atoms with Crippen LogP contribution in [-0.4, -0.2) is 10.8 Å². The number of nitrogens with zero attached hydrogens (tertiary/aromatic N) is 4. The minimum absolute atomic E-state index is 0.644. The lowest BCUT2D eigenvalue weighted by atomic mass is 10.1. The van der Waals surface area contributed by atoms with E-state index < -0.39 is 0 Å². The van der Waals surface area contributed by atoms with Crippen molar-refractivity contribution in [2.45, 2.75) is 0 Å². The van der Waals surface area contributed by atoms with Crippen LogP contribution in [-0.2, 0) is 0 Å². The van der Waals surface area contributed by atoms with Gasteiger partial charge in [0.1, 0.15) is 11.7 Å². The number of amidine groups is 1. The second-order valence-electron chi connectivity index (χ2n) is 6.20. The molecule has 0 saturated carbocycles. The minimum Gasteiger partial charge on any atom is -0.278 e. The number of halogens is 2. The first-order chi connectivity index (χ1) is 14.2. The van der Waals surface area contributed by atoms with Crippen molar-refractivity contribution in [3.63, 3.8) is 0 Å². The Bertz CT molecular complexity index is 1160. The Kier molecular flexibility index (Phi) is 5.57. The largest absolute Gasteiger partial charge is 0.278 e. The first-order valence-corrected chi connectivity index (χ1v) is 9.96. The van der Waals surface area contributed by atoms with Gasteiger partial charge in [0, 0.05) is 32.9 Å². The molecule has 2 aromatic carbocycles. The summed E-state index contributed by atoms with van der Waals surface area (Å²) in [6.07, 6.45) is 5.10. The highest BCUT2D eigenvalue weighted by atomic mass is 79.9. The molecule has 4 rings (SSSR count). The fourth-order valence-electron chi connectivity index (χ4n) is 2.98. The fourth-order valence-corrected chi connectivity index (χ4v) is 3.37. The summed E-state index contributed by atoms with van der Waals surface area (Å²) >= 11 is 9.55. The first-order valence-electron chi connectivity index (χ1n) is 8.79. The molecular formula is C23H14BrClN4. The summed E-state index contributed by atoms with van der Waals surface area (Å²) < 4.78 is 0.988. The third-order valence-electron chi connectivity index (χ3n) is 4.31. The van der Waals surface area contributed by atoms with Gasteiger partial charge in [-0.15, -0.1) is 0 Å². The molecule has 1 aromatic heterocycles. The third kappa shape index (κ3) is 4.14. The predicted molar refractivity (Wildman–Crippen MR) is 121 cm³/mol. The van der Waals surface area contributed by atoms with Crippen molar-refractivity contribution in [3.05, 3.63) is 111 Å². The Hall–Kier alpha value is -3.20. The Balaban J connectivity index is 1.92. The predicted octanol–water partition coefficient (Wildman–Crippen LogP) is 6.21. The Morgan fingerprint density at radius 2 is 1.69 bits per heavy atom. The highest BCUT2D eigenvalue weighted by molar-refractivity contribution is 9.10. The summed E-state index contributed by atoms with van der Waals surface area (Å²) in [4.78, 5) is 11.3. The Morgan fingerprint density at radius 1 is 0.966 bits per heavy atom. The molecule has 0 amide bonds. The average molecular weight is 462 g/mol. The molecule has 0 saturated heterocycles. The molecule has 0 fully saturated rings.